The second-order valence-electron chi connectivity index (χ2n) is 3.13. The van der Waals surface area contributed by atoms with E-state index in [1.54, 1.807) is 0 Å². The molecular formula is C8H17NOS. The molecule has 0 aromatic heterocycles. The van der Waals surface area contributed by atoms with Crippen molar-refractivity contribution in [2.45, 2.75) is 25.2 Å². The average molecular weight is 175 g/mol. The monoisotopic (exact) mass is 175 g/mol. The van der Waals surface area contributed by atoms with Gasteiger partial charge in [-0.25, -0.2) is 0 Å². The Morgan fingerprint density at radius 3 is 2.73 bits per heavy atom. The Hall–Kier alpha value is 0.270. The fraction of sp³-hybridized carbons (Fsp3) is 1.00. The van der Waals surface area contributed by atoms with Gasteiger partial charge >= 0.3 is 0 Å². The minimum Gasteiger partial charge on any atom is -0.368 e. The molecule has 0 bridgehead atoms. The topological polar surface area (TPSA) is 21.3 Å². The summed E-state index contributed by atoms with van der Waals surface area (Å²) in [5.74, 6) is 0.755. The van der Waals surface area contributed by atoms with Crippen molar-refractivity contribution >= 4 is 12.6 Å². The average Bonchev–Trinajstić information content (AvgIpc) is 2.03. The molecule has 1 rings (SSSR count). The number of ether oxygens (including phenoxy) is 1. The lowest BCUT2D eigenvalue weighted by Crippen LogP contribution is -2.30. The summed E-state index contributed by atoms with van der Waals surface area (Å²) in [6.45, 7) is 5.14. The molecule has 11 heavy (non-hydrogen) atoms. The SMILES string of the molecule is CC(S)OCC1CCNCC1. The lowest BCUT2D eigenvalue weighted by molar-refractivity contribution is 0.0803. The third kappa shape index (κ3) is 3.99. The van der Waals surface area contributed by atoms with Gasteiger partial charge in [-0.1, -0.05) is 0 Å². The van der Waals surface area contributed by atoms with Crippen LogP contribution in [0.1, 0.15) is 19.8 Å². The summed E-state index contributed by atoms with van der Waals surface area (Å²) in [6.07, 6.45) is 2.50. The number of hydrogen-bond donors (Lipinski definition) is 2. The van der Waals surface area contributed by atoms with Crippen molar-refractivity contribution < 1.29 is 4.74 Å². The smallest absolute Gasteiger partial charge is 0.0971 e. The van der Waals surface area contributed by atoms with Gasteiger partial charge in [0, 0.05) is 0 Å². The molecule has 1 saturated heterocycles. The first kappa shape index (κ1) is 9.36. The summed E-state index contributed by atoms with van der Waals surface area (Å²) in [5.41, 5.74) is 0.0879. The Labute approximate surface area is 74.1 Å². The summed E-state index contributed by atoms with van der Waals surface area (Å²) in [5, 5.41) is 3.33. The zero-order valence-corrected chi connectivity index (χ0v) is 7.94. The van der Waals surface area contributed by atoms with Crippen LogP contribution < -0.4 is 5.32 Å². The lowest BCUT2D eigenvalue weighted by atomic mass is 9.99. The maximum absolute atomic E-state index is 5.42. The van der Waals surface area contributed by atoms with E-state index in [4.69, 9.17) is 4.74 Å². The molecule has 1 heterocycles. The lowest BCUT2D eigenvalue weighted by Gasteiger charge is -2.22. The van der Waals surface area contributed by atoms with Crippen molar-refractivity contribution in [2.75, 3.05) is 19.7 Å². The van der Waals surface area contributed by atoms with Crippen molar-refractivity contribution in [3.05, 3.63) is 0 Å². The molecule has 1 atom stereocenters. The van der Waals surface area contributed by atoms with E-state index in [2.05, 4.69) is 17.9 Å². The summed E-state index contributed by atoms with van der Waals surface area (Å²) in [4.78, 5) is 0. The van der Waals surface area contributed by atoms with Crippen LogP contribution in [0.2, 0.25) is 0 Å². The molecular weight excluding hydrogens is 158 g/mol. The minimum absolute atomic E-state index is 0.0879. The molecule has 1 N–H and O–H groups in total. The van der Waals surface area contributed by atoms with Crippen molar-refractivity contribution in [1.29, 1.82) is 0 Å². The van der Waals surface area contributed by atoms with Gasteiger partial charge in [0.05, 0.1) is 12.0 Å². The van der Waals surface area contributed by atoms with Crippen molar-refractivity contribution in [2.24, 2.45) is 5.92 Å². The fourth-order valence-corrected chi connectivity index (χ4v) is 1.41. The van der Waals surface area contributed by atoms with Gasteiger partial charge in [-0.2, -0.15) is 0 Å². The molecule has 1 fully saturated rings. The fourth-order valence-electron chi connectivity index (χ4n) is 1.32. The number of rotatable bonds is 3. The van der Waals surface area contributed by atoms with Crippen molar-refractivity contribution in [1.82, 2.24) is 5.32 Å². The van der Waals surface area contributed by atoms with Crippen molar-refractivity contribution in [3.8, 4) is 0 Å². The van der Waals surface area contributed by atoms with Gasteiger partial charge in [-0.3, -0.25) is 0 Å². The Bertz CT molecular complexity index is 102. The molecule has 2 nitrogen and oxygen atoms in total. The van der Waals surface area contributed by atoms with E-state index < -0.39 is 0 Å². The molecule has 0 aromatic carbocycles. The van der Waals surface area contributed by atoms with Gasteiger partial charge in [0.25, 0.3) is 0 Å². The zero-order chi connectivity index (χ0) is 8.10. The van der Waals surface area contributed by atoms with Crippen LogP contribution in [0.5, 0.6) is 0 Å². The number of piperidine rings is 1. The molecule has 66 valence electrons. The van der Waals surface area contributed by atoms with Crippen LogP contribution >= 0.6 is 12.6 Å². The van der Waals surface area contributed by atoms with Crippen LogP contribution in [0, 0.1) is 5.92 Å². The molecule has 1 aliphatic rings. The van der Waals surface area contributed by atoms with Crippen LogP contribution in [-0.2, 0) is 4.74 Å². The highest BCUT2D eigenvalue weighted by Crippen LogP contribution is 2.12. The van der Waals surface area contributed by atoms with E-state index in [9.17, 15) is 0 Å². The van der Waals surface area contributed by atoms with Crippen LogP contribution in [-0.4, -0.2) is 25.1 Å². The Kier molecular flexibility index (Phi) is 4.26. The van der Waals surface area contributed by atoms with E-state index in [0.29, 0.717) is 0 Å². The van der Waals surface area contributed by atoms with Gasteiger partial charge in [0.2, 0.25) is 0 Å². The third-order valence-electron chi connectivity index (χ3n) is 2.03. The van der Waals surface area contributed by atoms with Crippen LogP contribution in [0.3, 0.4) is 0 Å². The van der Waals surface area contributed by atoms with Gasteiger partial charge in [0.15, 0.2) is 0 Å². The quantitative estimate of drug-likeness (QED) is 0.498. The van der Waals surface area contributed by atoms with Gasteiger partial charge in [0.1, 0.15) is 0 Å². The van der Waals surface area contributed by atoms with E-state index >= 15 is 0 Å². The van der Waals surface area contributed by atoms with Crippen molar-refractivity contribution in [3.63, 3.8) is 0 Å². The normalized spacial score (nSPS) is 23.5. The maximum Gasteiger partial charge on any atom is 0.0971 e. The summed E-state index contributed by atoms with van der Waals surface area (Å²) in [6, 6.07) is 0. The predicted molar refractivity (Wildman–Crippen MR) is 50.0 cm³/mol. The molecule has 0 aliphatic carbocycles. The summed E-state index contributed by atoms with van der Waals surface area (Å²) in [7, 11) is 0. The number of thiol groups is 1. The molecule has 0 radical (unpaired) electrons. The predicted octanol–water partition coefficient (Wildman–Crippen LogP) is 1.28. The van der Waals surface area contributed by atoms with E-state index in [-0.39, 0.29) is 5.44 Å². The minimum atomic E-state index is 0.0879. The van der Waals surface area contributed by atoms with Crippen LogP contribution in [0.25, 0.3) is 0 Å². The Morgan fingerprint density at radius 1 is 1.55 bits per heavy atom. The van der Waals surface area contributed by atoms with Gasteiger partial charge in [-0.15, -0.1) is 12.6 Å². The second-order valence-corrected chi connectivity index (χ2v) is 3.85. The highest BCUT2D eigenvalue weighted by molar-refractivity contribution is 7.80. The van der Waals surface area contributed by atoms with Gasteiger partial charge < -0.3 is 10.1 Å². The summed E-state index contributed by atoms with van der Waals surface area (Å²) >= 11 is 4.16. The number of hydrogen-bond acceptors (Lipinski definition) is 3. The van der Waals surface area contributed by atoms with Crippen LogP contribution in [0.15, 0.2) is 0 Å². The molecule has 0 spiro atoms. The standard InChI is InChI=1S/C8H17NOS/c1-7(11)10-6-8-2-4-9-5-3-8/h7-9,11H,2-6H2,1H3. The third-order valence-corrected chi connectivity index (χ3v) is 2.18. The van der Waals surface area contributed by atoms with E-state index in [1.165, 1.54) is 12.8 Å². The maximum atomic E-state index is 5.42. The van der Waals surface area contributed by atoms with Gasteiger partial charge in [-0.05, 0) is 38.8 Å². The molecule has 0 amide bonds. The largest absolute Gasteiger partial charge is 0.368 e. The first-order valence-electron chi connectivity index (χ1n) is 4.29. The Morgan fingerprint density at radius 2 is 2.18 bits per heavy atom. The Balaban J connectivity index is 2.05. The molecule has 0 aromatic rings. The summed E-state index contributed by atoms with van der Waals surface area (Å²) < 4.78 is 5.42. The molecule has 3 heteroatoms. The highest BCUT2D eigenvalue weighted by Gasteiger charge is 2.13. The molecule has 1 aliphatic heterocycles. The van der Waals surface area contributed by atoms with E-state index in [0.717, 1.165) is 25.6 Å². The molecule has 0 saturated carbocycles. The first-order chi connectivity index (χ1) is 5.29. The van der Waals surface area contributed by atoms with Crippen LogP contribution in [0.4, 0.5) is 0 Å². The second kappa shape index (κ2) is 5.01. The number of nitrogens with one attached hydrogen (secondary N) is 1. The highest BCUT2D eigenvalue weighted by atomic mass is 32.1. The van der Waals surface area contributed by atoms with E-state index in [1.807, 2.05) is 6.92 Å². The first-order valence-corrected chi connectivity index (χ1v) is 4.81. The molecule has 1 unspecified atom stereocenters. The zero-order valence-electron chi connectivity index (χ0n) is 7.05.